The second kappa shape index (κ2) is 7.35. The second-order valence-electron chi connectivity index (χ2n) is 5.32. The number of nitrogens with one attached hydrogen (secondary N) is 1. The third kappa shape index (κ3) is 4.03. The lowest BCUT2D eigenvalue weighted by Crippen LogP contribution is -2.43. The highest BCUT2D eigenvalue weighted by molar-refractivity contribution is 7.14. The van der Waals surface area contributed by atoms with Crippen molar-refractivity contribution in [2.45, 2.75) is 32.6 Å². The number of nitrogens with zero attached hydrogens (tertiary/aromatic N) is 2. The Balaban J connectivity index is 1.93. The van der Waals surface area contributed by atoms with Crippen molar-refractivity contribution in [2.75, 3.05) is 18.4 Å². The molecule has 2 rings (SSSR count). The fourth-order valence-electron chi connectivity index (χ4n) is 2.44. The number of nitrogens with two attached hydrogens (primary N) is 1. The van der Waals surface area contributed by atoms with E-state index in [1.54, 1.807) is 4.90 Å². The minimum Gasteiger partial charge on any atom is -0.364 e. The average Bonchev–Trinajstić information content (AvgIpc) is 2.96. The summed E-state index contributed by atoms with van der Waals surface area (Å²) in [5.41, 5.74) is 5.27. The van der Waals surface area contributed by atoms with Crippen LogP contribution in [0.15, 0.2) is 5.38 Å². The first-order valence-electron chi connectivity index (χ1n) is 7.35. The zero-order chi connectivity index (χ0) is 16.1. The molecule has 0 bridgehead atoms. The van der Waals surface area contributed by atoms with Crippen LogP contribution in [0.5, 0.6) is 0 Å². The van der Waals surface area contributed by atoms with E-state index in [1.807, 2.05) is 6.92 Å². The Hall–Kier alpha value is -1.96. The Kier molecular flexibility index (Phi) is 5.48. The average molecular weight is 324 g/mol. The number of primary amides is 1. The van der Waals surface area contributed by atoms with Crippen molar-refractivity contribution in [1.82, 2.24) is 9.88 Å². The number of piperidine rings is 1. The van der Waals surface area contributed by atoms with Gasteiger partial charge in [-0.25, -0.2) is 4.98 Å². The first-order valence-corrected chi connectivity index (χ1v) is 8.23. The zero-order valence-corrected chi connectivity index (χ0v) is 13.3. The maximum Gasteiger partial charge on any atom is 0.268 e. The van der Waals surface area contributed by atoms with Crippen molar-refractivity contribution in [3.8, 4) is 0 Å². The molecule has 120 valence electrons. The number of anilines is 1. The van der Waals surface area contributed by atoms with Crippen LogP contribution >= 0.6 is 11.3 Å². The van der Waals surface area contributed by atoms with Gasteiger partial charge in [0, 0.05) is 24.9 Å². The van der Waals surface area contributed by atoms with Crippen molar-refractivity contribution >= 4 is 34.2 Å². The first kappa shape index (κ1) is 16.4. The van der Waals surface area contributed by atoms with Gasteiger partial charge in [-0.05, 0) is 19.3 Å². The molecule has 8 heteroatoms. The SMILES string of the molecule is CCCC(=O)N1CCC[C@@H](C(=O)Nc2nc(C(N)=O)cs2)C1. The molecule has 2 heterocycles. The quantitative estimate of drug-likeness (QED) is 0.849. The molecule has 0 saturated carbocycles. The van der Waals surface area contributed by atoms with E-state index in [0.29, 0.717) is 24.6 Å². The topological polar surface area (TPSA) is 105 Å². The van der Waals surface area contributed by atoms with Crippen molar-refractivity contribution in [3.63, 3.8) is 0 Å². The molecule has 3 N–H and O–H groups in total. The second-order valence-corrected chi connectivity index (χ2v) is 6.18. The van der Waals surface area contributed by atoms with Crippen molar-refractivity contribution in [3.05, 3.63) is 11.1 Å². The summed E-state index contributed by atoms with van der Waals surface area (Å²) < 4.78 is 0. The highest BCUT2D eigenvalue weighted by Gasteiger charge is 2.28. The van der Waals surface area contributed by atoms with Gasteiger partial charge in [0.1, 0.15) is 5.69 Å². The van der Waals surface area contributed by atoms with Crippen LogP contribution in [-0.4, -0.2) is 40.7 Å². The van der Waals surface area contributed by atoms with Gasteiger partial charge in [-0.3, -0.25) is 14.4 Å². The van der Waals surface area contributed by atoms with E-state index >= 15 is 0 Å². The van der Waals surface area contributed by atoms with E-state index in [4.69, 9.17) is 5.73 Å². The van der Waals surface area contributed by atoms with E-state index in [9.17, 15) is 14.4 Å². The Labute approximate surface area is 132 Å². The first-order chi connectivity index (χ1) is 10.5. The third-order valence-electron chi connectivity index (χ3n) is 3.60. The van der Waals surface area contributed by atoms with Gasteiger partial charge in [-0.1, -0.05) is 6.92 Å². The van der Waals surface area contributed by atoms with Crippen LogP contribution in [0, 0.1) is 5.92 Å². The molecule has 1 aliphatic rings. The fourth-order valence-corrected chi connectivity index (χ4v) is 3.14. The summed E-state index contributed by atoms with van der Waals surface area (Å²) in [7, 11) is 0. The van der Waals surface area contributed by atoms with Crippen molar-refractivity contribution in [2.24, 2.45) is 11.7 Å². The molecule has 7 nitrogen and oxygen atoms in total. The number of rotatable bonds is 5. The monoisotopic (exact) mass is 324 g/mol. The number of amides is 3. The summed E-state index contributed by atoms with van der Waals surface area (Å²) in [6.07, 6.45) is 2.89. The van der Waals surface area contributed by atoms with E-state index in [1.165, 1.54) is 5.38 Å². The number of aromatic nitrogens is 1. The van der Waals surface area contributed by atoms with Gasteiger partial charge in [0.05, 0.1) is 5.92 Å². The molecular weight excluding hydrogens is 304 g/mol. The molecule has 1 aromatic rings. The van der Waals surface area contributed by atoms with Crippen LogP contribution in [0.25, 0.3) is 0 Å². The Morgan fingerprint density at radius 3 is 2.91 bits per heavy atom. The molecule has 0 spiro atoms. The van der Waals surface area contributed by atoms with Gasteiger partial charge in [-0.15, -0.1) is 11.3 Å². The van der Waals surface area contributed by atoms with Crippen LogP contribution in [0.3, 0.4) is 0 Å². The predicted octanol–water partition coefficient (Wildman–Crippen LogP) is 1.22. The van der Waals surface area contributed by atoms with Crippen molar-refractivity contribution in [1.29, 1.82) is 0 Å². The van der Waals surface area contributed by atoms with E-state index in [-0.39, 0.29) is 23.4 Å². The molecule has 0 radical (unpaired) electrons. The lowest BCUT2D eigenvalue weighted by Gasteiger charge is -2.31. The fraction of sp³-hybridized carbons (Fsp3) is 0.571. The van der Waals surface area contributed by atoms with Crippen molar-refractivity contribution < 1.29 is 14.4 Å². The van der Waals surface area contributed by atoms with Gasteiger partial charge in [0.25, 0.3) is 5.91 Å². The minimum atomic E-state index is -0.620. The molecule has 1 fully saturated rings. The van der Waals surface area contributed by atoms with E-state index in [0.717, 1.165) is 30.6 Å². The Morgan fingerprint density at radius 2 is 2.27 bits per heavy atom. The third-order valence-corrected chi connectivity index (χ3v) is 4.35. The van der Waals surface area contributed by atoms with Crippen LogP contribution in [0.1, 0.15) is 43.1 Å². The summed E-state index contributed by atoms with van der Waals surface area (Å²) in [4.78, 5) is 40.9. The number of hydrogen-bond donors (Lipinski definition) is 2. The maximum absolute atomic E-state index is 12.3. The largest absolute Gasteiger partial charge is 0.364 e. The molecule has 1 atom stereocenters. The Bertz CT molecular complexity index is 572. The lowest BCUT2D eigenvalue weighted by atomic mass is 9.97. The van der Waals surface area contributed by atoms with Gasteiger partial charge in [0.15, 0.2) is 5.13 Å². The van der Waals surface area contributed by atoms with E-state index < -0.39 is 5.91 Å². The summed E-state index contributed by atoms with van der Waals surface area (Å²) in [5.74, 6) is -0.925. The predicted molar refractivity (Wildman–Crippen MR) is 83.5 cm³/mol. The van der Waals surface area contributed by atoms with E-state index in [2.05, 4.69) is 10.3 Å². The number of carbonyl (C=O) groups excluding carboxylic acids is 3. The zero-order valence-electron chi connectivity index (χ0n) is 12.5. The highest BCUT2D eigenvalue weighted by atomic mass is 32.1. The molecule has 22 heavy (non-hydrogen) atoms. The molecule has 3 amide bonds. The van der Waals surface area contributed by atoms with Crippen LogP contribution in [-0.2, 0) is 9.59 Å². The number of hydrogen-bond acceptors (Lipinski definition) is 5. The molecule has 1 saturated heterocycles. The number of thiazole rings is 1. The van der Waals surface area contributed by atoms with Crippen LogP contribution in [0.2, 0.25) is 0 Å². The van der Waals surface area contributed by atoms with Gasteiger partial charge < -0.3 is 16.0 Å². The molecular formula is C14H20N4O3S. The van der Waals surface area contributed by atoms with Crippen LogP contribution < -0.4 is 11.1 Å². The molecule has 0 aromatic carbocycles. The van der Waals surface area contributed by atoms with Gasteiger partial charge in [0.2, 0.25) is 11.8 Å². The maximum atomic E-state index is 12.3. The number of carbonyl (C=O) groups is 3. The Morgan fingerprint density at radius 1 is 1.50 bits per heavy atom. The summed E-state index contributed by atoms with van der Waals surface area (Å²) in [6, 6.07) is 0. The molecule has 0 aliphatic carbocycles. The standard InChI is InChI=1S/C14H20N4O3S/c1-2-4-11(19)18-6-3-5-9(7-18)13(21)17-14-16-10(8-22-14)12(15)20/h8-9H,2-7H2,1H3,(H2,15,20)(H,16,17,21)/t9-/m1/s1. The highest BCUT2D eigenvalue weighted by Crippen LogP contribution is 2.21. The summed E-state index contributed by atoms with van der Waals surface area (Å²) >= 11 is 1.16. The minimum absolute atomic E-state index is 0.102. The number of likely N-dealkylation sites (tertiary alicyclic amines) is 1. The lowest BCUT2D eigenvalue weighted by molar-refractivity contribution is -0.134. The summed E-state index contributed by atoms with van der Waals surface area (Å²) in [5, 5.41) is 4.57. The molecule has 0 unspecified atom stereocenters. The molecule has 1 aliphatic heterocycles. The van der Waals surface area contributed by atoms with Gasteiger partial charge >= 0.3 is 0 Å². The van der Waals surface area contributed by atoms with Crippen LogP contribution in [0.4, 0.5) is 5.13 Å². The molecule has 1 aromatic heterocycles. The van der Waals surface area contributed by atoms with Gasteiger partial charge in [-0.2, -0.15) is 0 Å². The smallest absolute Gasteiger partial charge is 0.268 e. The summed E-state index contributed by atoms with van der Waals surface area (Å²) in [6.45, 7) is 3.12. The normalized spacial score (nSPS) is 18.0.